The van der Waals surface area contributed by atoms with Crippen molar-refractivity contribution in [1.82, 2.24) is 14.9 Å². The molecule has 7 N–H and O–H groups in total. The highest BCUT2D eigenvalue weighted by Crippen LogP contribution is 2.30. The number of aliphatic hydroxyl groups is 3. The molecule has 0 saturated carbocycles. The summed E-state index contributed by atoms with van der Waals surface area (Å²) in [6.45, 7) is 4.92. The van der Waals surface area contributed by atoms with E-state index in [0.29, 0.717) is 43.7 Å². The van der Waals surface area contributed by atoms with E-state index in [9.17, 15) is 10.2 Å². The van der Waals surface area contributed by atoms with Crippen LogP contribution in [0.3, 0.4) is 0 Å². The van der Waals surface area contributed by atoms with Crippen molar-refractivity contribution in [1.29, 1.82) is 10.7 Å². The Morgan fingerprint density at radius 1 is 1.08 bits per heavy atom. The van der Waals surface area contributed by atoms with Crippen LogP contribution in [0.5, 0.6) is 0 Å². The van der Waals surface area contributed by atoms with Crippen molar-refractivity contribution >= 4 is 29.4 Å². The number of aromatic nitrogens is 2. The van der Waals surface area contributed by atoms with Crippen molar-refractivity contribution in [2.75, 3.05) is 67.5 Å². The highest BCUT2D eigenvalue weighted by molar-refractivity contribution is 5.81. The monoisotopic (exact) mass is 523 g/mol. The number of nitriles is 1. The van der Waals surface area contributed by atoms with Gasteiger partial charge in [-0.2, -0.15) is 10.2 Å². The maximum absolute atomic E-state index is 10.3. The Balaban J connectivity index is 1.47. The molecule has 1 aromatic carbocycles. The molecule has 0 radical (unpaired) electrons. The van der Waals surface area contributed by atoms with Crippen LogP contribution in [0.2, 0.25) is 0 Å². The third-order valence-electron chi connectivity index (χ3n) is 7.22. The Kier molecular flexibility index (Phi) is 9.43. The highest BCUT2D eigenvalue weighted by Gasteiger charge is 2.25. The predicted molar refractivity (Wildman–Crippen MR) is 146 cm³/mol. The molecular weight excluding hydrogens is 486 g/mol. The normalized spacial score (nSPS) is 18.6. The minimum absolute atomic E-state index is 0.229. The van der Waals surface area contributed by atoms with E-state index >= 15 is 0 Å². The lowest BCUT2D eigenvalue weighted by Gasteiger charge is -2.36. The van der Waals surface area contributed by atoms with Crippen LogP contribution < -0.4 is 20.9 Å². The minimum atomic E-state index is -1.36. The molecule has 2 aliphatic rings. The van der Waals surface area contributed by atoms with Crippen LogP contribution in [0, 0.1) is 22.7 Å². The first-order valence-corrected chi connectivity index (χ1v) is 13.0. The van der Waals surface area contributed by atoms with E-state index in [1.807, 2.05) is 29.2 Å². The summed E-state index contributed by atoms with van der Waals surface area (Å²) in [7, 11) is 0. The van der Waals surface area contributed by atoms with Gasteiger partial charge in [-0.05, 0) is 43.0 Å². The van der Waals surface area contributed by atoms with Crippen LogP contribution in [0.1, 0.15) is 36.7 Å². The molecule has 2 atom stereocenters. The number of nitrogens with one attached hydrogen (secondary N) is 2. The van der Waals surface area contributed by atoms with Gasteiger partial charge in [-0.15, -0.1) is 0 Å². The van der Waals surface area contributed by atoms with E-state index in [-0.39, 0.29) is 17.9 Å². The molecule has 2 unspecified atom stereocenters. The summed E-state index contributed by atoms with van der Waals surface area (Å²) in [4.78, 5) is 15.6. The van der Waals surface area contributed by atoms with Crippen molar-refractivity contribution in [3.8, 4) is 6.07 Å². The number of nitrogens with zero attached hydrogens (tertiary/aromatic N) is 6. The van der Waals surface area contributed by atoms with Gasteiger partial charge in [-0.3, -0.25) is 4.90 Å². The zero-order valence-electron chi connectivity index (χ0n) is 21.5. The molecule has 204 valence electrons. The number of β-amino-alcohol motifs (C(OH)–C–C–N with tert-alkyl or cyclic N) is 1. The quantitative estimate of drug-likeness (QED) is 0.191. The molecule has 0 aliphatic carbocycles. The second-order valence-corrected chi connectivity index (χ2v) is 9.85. The maximum Gasteiger partial charge on any atom is 0.227 e. The Bertz CT molecular complexity index is 1110. The summed E-state index contributed by atoms with van der Waals surface area (Å²) < 4.78 is 0. The number of piperidine rings is 1. The fourth-order valence-electron chi connectivity index (χ4n) is 5.02. The largest absolute Gasteiger partial charge is 0.394 e. The van der Waals surface area contributed by atoms with Crippen molar-refractivity contribution in [3.05, 3.63) is 35.5 Å². The number of nitrogens with two attached hydrogens (primary N) is 1. The third-order valence-corrected chi connectivity index (χ3v) is 7.22. The first-order valence-electron chi connectivity index (χ1n) is 13.0. The SMILES string of the molecule is N#CCC1CCN(c2nc(C=N)c(C(N)O)c(Nc3ccc(N4CCN(CC(O)CO)CC4)cc3)n2)CC1. The van der Waals surface area contributed by atoms with E-state index in [0.717, 1.165) is 56.6 Å². The third kappa shape index (κ3) is 6.75. The molecule has 12 nitrogen and oxygen atoms in total. The van der Waals surface area contributed by atoms with Gasteiger partial charge in [0, 0.05) is 69.8 Å². The first-order chi connectivity index (χ1) is 18.4. The lowest BCUT2D eigenvalue weighted by Crippen LogP contribution is -2.49. The molecule has 38 heavy (non-hydrogen) atoms. The number of hydrogen-bond acceptors (Lipinski definition) is 12. The van der Waals surface area contributed by atoms with Gasteiger partial charge in [0.25, 0.3) is 0 Å². The summed E-state index contributed by atoms with van der Waals surface area (Å²) in [5, 5.41) is 49.1. The van der Waals surface area contributed by atoms with Crippen molar-refractivity contribution in [3.63, 3.8) is 0 Å². The average Bonchev–Trinajstić information content (AvgIpc) is 2.94. The van der Waals surface area contributed by atoms with Gasteiger partial charge >= 0.3 is 0 Å². The van der Waals surface area contributed by atoms with E-state index in [2.05, 4.69) is 31.2 Å². The topological polar surface area (TPSA) is 182 Å². The van der Waals surface area contributed by atoms with Gasteiger partial charge < -0.3 is 41.6 Å². The van der Waals surface area contributed by atoms with E-state index in [4.69, 9.17) is 21.5 Å². The zero-order valence-corrected chi connectivity index (χ0v) is 21.5. The fourth-order valence-corrected chi connectivity index (χ4v) is 5.02. The molecule has 2 aliphatic heterocycles. The fraction of sp³-hybridized carbons (Fsp3) is 0.538. The Morgan fingerprint density at radius 3 is 2.34 bits per heavy atom. The molecular formula is C26H37N9O3. The number of piperazine rings is 1. The summed E-state index contributed by atoms with van der Waals surface area (Å²) in [5.41, 5.74) is 8.19. The molecule has 2 fully saturated rings. The summed E-state index contributed by atoms with van der Waals surface area (Å²) in [6.07, 6.45) is 1.30. The predicted octanol–water partition coefficient (Wildman–Crippen LogP) is 0.773. The highest BCUT2D eigenvalue weighted by atomic mass is 16.3. The van der Waals surface area contributed by atoms with Crippen LogP contribution >= 0.6 is 0 Å². The van der Waals surface area contributed by atoms with Crippen LogP contribution in [0.25, 0.3) is 0 Å². The van der Waals surface area contributed by atoms with Crippen molar-refractivity contribution in [2.45, 2.75) is 31.6 Å². The minimum Gasteiger partial charge on any atom is -0.394 e. The maximum atomic E-state index is 10.3. The molecule has 0 spiro atoms. The van der Waals surface area contributed by atoms with Crippen molar-refractivity contribution < 1.29 is 15.3 Å². The Labute approximate surface area is 222 Å². The number of rotatable bonds is 10. The van der Waals surface area contributed by atoms with Gasteiger partial charge in [0.05, 0.1) is 30.0 Å². The van der Waals surface area contributed by atoms with Crippen LogP contribution in [0.15, 0.2) is 24.3 Å². The van der Waals surface area contributed by atoms with Crippen LogP contribution in [0.4, 0.5) is 23.1 Å². The van der Waals surface area contributed by atoms with Gasteiger partial charge in [0.15, 0.2) is 0 Å². The molecule has 12 heteroatoms. The van der Waals surface area contributed by atoms with E-state index in [1.54, 1.807) is 0 Å². The average molecular weight is 524 g/mol. The number of aliphatic hydroxyl groups excluding tert-OH is 3. The molecule has 4 rings (SSSR count). The standard InChI is InChI=1S/C26H37N9O3/c27-8-5-18-6-9-35(10-7-18)26-31-22(15-28)23(24(29)38)25(32-26)30-19-1-3-20(4-2-19)34-13-11-33(12-14-34)16-21(37)17-36/h1-4,15,18,21,24,28,36-38H,5-7,9-14,16-17,29H2,(H,30,31,32). The molecule has 2 saturated heterocycles. The van der Waals surface area contributed by atoms with Gasteiger partial charge in [-0.1, -0.05) is 0 Å². The number of anilines is 4. The Morgan fingerprint density at radius 2 is 1.76 bits per heavy atom. The van der Waals surface area contributed by atoms with Crippen LogP contribution in [-0.4, -0.2) is 94.9 Å². The first kappa shape index (κ1) is 27.7. The molecule has 0 bridgehead atoms. The smallest absolute Gasteiger partial charge is 0.227 e. The van der Waals surface area contributed by atoms with Crippen molar-refractivity contribution in [2.24, 2.45) is 11.7 Å². The summed E-state index contributed by atoms with van der Waals surface area (Å²) in [5.74, 6) is 1.19. The lowest BCUT2D eigenvalue weighted by molar-refractivity contribution is 0.0575. The van der Waals surface area contributed by atoms with Gasteiger partial charge in [0.1, 0.15) is 12.0 Å². The number of hydrogen-bond donors (Lipinski definition) is 6. The molecule has 1 aromatic heterocycles. The van der Waals surface area contributed by atoms with E-state index < -0.39 is 12.3 Å². The second kappa shape index (κ2) is 12.9. The van der Waals surface area contributed by atoms with E-state index in [1.165, 1.54) is 0 Å². The van der Waals surface area contributed by atoms with Gasteiger partial charge in [-0.25, -0.2) is 4.98 Å². The lowest BCUT2D eigenvalue weighted by atomic mass is 9.94. The Hall–Kier alpha value is -3.34. The molecule has 2 aromatic rings. The molecule has 0 amide bonds. The zero-order chi connectivity index (χ0) is 27.1. The number of benzene rings is 1. The molecule has 3 heterocycles. The van der Waals surface area contributed by atoms with Crippen LogP contribution in [-0.2, 0) is 0 Å². The summed E-state index contributed by atoms with van der Waals surface area (Å²) >= 11 is 0. The second-order valence-electron chi connectivity index (χ2n) is 9.85. The summed E-state index contributed by atoms with van der Waals surface area (Å²) in [6, 6.07) is 10.1. The van der Waals surface area contributed by atoms with Gasteiger partial charge in [0.2, 0.25) is 5.95 Å².